The Morgan fingerprint density at radius 2 is 2.50 bits per heavy atom. The molecule has 16 heavy (non-hydrogen) atoms. The molecular formula is C11H10N2O2S. The van der Waals surface area contributed by atoms with Gasteiger partial charge in [-0.3, -0.25) is 4.79 Å². The van der Waals surface area contributed by atoms with Crippen LogP contribution in [0.2, 0.25) is 0 Å². The van der Waals surface area contributed by atoms with Gasteiger partial charge in [0.25, 0.3) is 0 Å². The number of hydrogen-bond donors (Lipinski definition) is 2. The zero-order chi connectivity index (χ0) is 11.1. The quantitative estimate of drug-likeness (QED) is 0.856. The van der Waals surface area contributed by atoms with Gasteiger partial charge in [-0.15, -0.1) is 11.3 Å². The number of aromatic amines is 1. The van der Waals surface area contributed by atoms with Crippen molar-refractivity contribution >= 4 is 17.3 Å². The van der Waals surface area contributed by atoms with E-state index in [1.165, 1.54) is 0 Å². The molecule has 0 aromatic carbocycles. The first-order valence-corrected chi connectivity index (χ1v) is 5.95. The molecule has 2 N–H and O–H groups in total. The van der Waals surface area contributed by atoms with Crippen molar-refractivity contribution in [3.63, 3.8) is 0 Å². The maximum absolute atomic E-state index is 10.7. The summed E-state index contributed by atoms with van der Waals surface area (Å²) in [4.78, 5) is 19.3. The zero-order valence-electron chi connectivity index (χ0n) is 8.38. The SMILES string of the molecule is O=C(O)C1CC1c1ncc(-c2cccs2)[nH]1. The van der Waals surface area contributed by atoms with Crippen LogP contribution in [-0.4, -0.2) is 21.0 Å². The van der Waals surface area contributed by atoms with Crippen LogP contribution in [0.3, 0.4) is 0 Å². The van der Waals surface area contributed by atoms with Crippen LogP contribution in [-0.2, 0) is 4.79 Å². The fourth-order valence-corrected chi connectivity index (χ4v) is 2.54. The van der Waals surface area contributed by atoms with Crippen LogP contribution < -0.4 is 0 Å². The Labute approximate surface area is 96.0 Å². The standard InChI is InChI=1S/C11H10N2O2S/c14-11(15)7-4-6(7)10-12-5-8(13-10)9-2-1-3-16-9/h1-3,5-7H,4H2,(H,12,13)(H,14,15). The molecule has 0 radical (unpaired) electrons. The van der Waals surface area contributed by atoms with E-state index >= 15 is 0 Å². The Morgan fingerprint density at radius 3 is 3.12 bits per heavy atom. The van der Waals surface area contributed by atoms with Crippen LogP contribution in [0.4, 0.5) is 0 Å². The molecule has 1 saturated carbocycles. The van der Waals surface area contributed by atoms with Crippen LogP contribution >= 0.6 is 11.3 Å². The maximum atomic E-state index is 10.7. The Morgan fingerprint density at radius 1 is 1.62 bits per heavy atom. The predicted octanol–water partition coefficient (Wildman–Crippen LogP) is 2.33. The van der Waals surface area contributed by atoms with E-state index in [-0.39, 0.29) is 11.8 Å². The van der Waals surface area contributed by atoms with E-state index in [9.17, 15) is 4.79 Å². The number of nitrogens with one attached hydrogen (secondary N) is 1. The maximum Gasteiger partial charge on any atom is 0.307 e. The first kappa shape index (κ1) is 9.59. The number of carboxylic acids is 1. The lowest BCUT2D eigenvalue weighted by molar-refractivity contribution is -0.138. The molecule has 2 aromatic rings. The first-order chi connectivity index (χ1) is 7.75. The summed E-state index contributed by atoms with van der Waals surface area (Å²) < 4.78 is 0. The lowest BCUT2D eigenvalue weighted by Gasteiger charge is -1.92. The minimum absolute atomic E-state index is 0.0752. The Kier molecular flexibility index (Phi) is 2.07. The van der Waals surface area contributed by atoms with E-state index < -0.39 is 5.97 Å². The third-order valence-corrected chi connectivity index (χ3v) is 3.74. The number of aromatic nitrogens is 2. The second-order valence-corrected chi connectivity index (χ2v) is 4.89. The molecule has 1 aliphatic rings. The van der Waals surface area contributed by atoms with Crippen molar-refractivity contribution in [3.8, 4) is 10.6 Å². The minimum atomic E-state index is -0.723. The summed E-state index contributed by atoms with van der Waals surface area (Å²) >= 11 is 1.64. The third-order valence-electron chi connectivity index (χ3n) is 2.84. The molecule has 0 saturated heterocycles. The van der Waals surface area contributed by atoms with Gasteiger partial charge < -0.3 is 10.1 Å². The summed E-state index contributed by atoms with van der Waals surface area (Å²) in [6.45, 7) is 0. The zero-order valence-corrected chi connectivity index (χ0v) is 9.20. The van der Waals surface area contributed by atoms with Gasteiger partial charge in [0.1, 0.15) is 5.82 Å². The van der Waals surface area contributed by atoms with E-state index in [2.05, 4.69) is 9.97 Å². The molecule has 4 nitrogen and oxygen atoms in total. The Hall–Kier alpha value is -1.62. The van der Waals surface area contributed by atoms with Crippen LogP contribution in [0, 0.1) is 5.92 Å². The number of thiophene rings is 1. The first-order valence-electron chi connectivity index (χ1n) is 5.07. The molecule has 2 atom stereocenters. The highest BCUT2D eigenvalue weighted by Crippen LogP contribution is 2.46. The van der Waals surface area contributed by atoms with Gasteiger partial charge in [-0.05, 0) is 17.9 Å². The summed E-state index contributed by atoms with van der Waals surface area (Å²) in [5.41, 5.74) is 0.973. The van der Waals surface area contributed by atoms with Crippen molar-refractivity contribution in [2.75, 3.05) is 0 Å². The number of hydrogen-bond acceptors (Lipinski definition) is 3. The Balaban J connectivity index is 1.82. The lowest BCUT2D eigenvalue weighted by atomic mass is 10.3. The van der Waals surface area contributed by atoms with Crippen LogP contribution in [0.1, 0.15) is 18.2 Å². The normalized spacial score (nSPS) is 23.2. The molecule has 2 heterocycles. The fourth-order valence-electron chi connectivity index (χ4n) is 1.85. The van der Waals surface area contributed by atoms with Crippen LogP contribution in [0.5, 0.6) is 0 Å². The van der Waals surface area contributed by atoms with Gasteiger partial charge in [-0.25, -0.2) is 4.98 Å². The van der Waals surface area contributed by atoms with Gasteiger partial charge in [0.2, 0.25) is 0 Å². The highest BCUT2D eigenvalue weighted by atomic mass is 32.1. The number of aliphatic carboxylic acids is 1. The number of carboxylic acid groups (broad SMARTS) is 1. The summed E-state index contributed by atoms with van der Waals surface area (Å²) in [6, 6.07) is 4.00. The van der Waals surface area contributed by atoms with Gasteiger partial charge in [0.05, 0.1) is 22.7 Å². The average Bonchev–Trinajstić information content (AvgIpc) is 2.72. The molecule has 0 spiro atoms. The Bertz CT molecular complexity index is 518. The molecule has 0 amide bonds. The second-order valence-electron chi connectivity index (χ2n) is 3.95. The average molecular weight is 234 g/mol. The molecule has 5 heteroatoms. The third kappa shape index (κ3) is 1.53. The molecule has 1 aliphatic carbocycles. The highest BCUT2D eigenvalue weighted by Gasteiger charge is 2.46. The number of nitrogens with zero attached hydrogens (tertiary/aromatic N) is 1. The molecule has 2 unspecified atom stereocenters. The number of carbonyl (C=O) groups is 1. The summed E-state index contributed by atoms with van der Waals surface area (Å²) in [7, 11) is 0. The van der Waals surface area contributed by atoms with Crippen molar-refractivity contribution in [1.82, 2.24) is 9.97 Å². The second kappa shape index (κ2) is 3.45. The largest absolute Gasteiger partial charge is 0.481 e. The van der Waals surface area contributed by atoms with Crippen molar-refractivity contribution < 1.29 is 9.90 Å². The molecule has 82 valence electrons. The smallest absolute Gasteiger partial charge is 0.307 e. The lowest BCUT2D eigenvalue weighted by Crippen LogP contribution is -1.99. The molecular weight excluding hydrogens is 224 g/mol. The van der Waals surface area contributed by atoms with E-state index in [0.29, 0.717) is 6.42 Å². The molecule has 0 aliphatic heterocycles. The van der Waals surface area contributed by atoms with E-state index in [1.807, 2.05) is 17.5 Å². The number of H-pyrrole nitrogens is 1. The van der Waals surface area contributed by atoms with Gasteiger partial charge >= 0.3 is 5.97 Å². The molecule has 0 bridgehead atoms. The van der Waals surface area contributed by atoms with Gasteiger partial charge in [0.15, 0.2) is 0 Å². The van der Waals surface area contributed by atoms with Crippen LogP contribution in [0.15, 0.2) is 23.7 Å². The van der Waals surface area contributed by atoms with Crippen molar-refractivity contribution in [3.05, 3.63) is 29.5 Å². The molecule has 2 aromatic heterocycles. The summed E-state index contributed by atoms with van der Waals surface area (Å²) in [6.07, 6.45) is 2.48. The van der Waals surface area contributed by atoms with E-state index in [0.717, 1.165) is 16.4 Å². The summed E-state index contributed by atoms with van der Waals surface area (Å²) in [5.74, 6) is -0.0941. The van der Waals surface area contributed by atoms with Crippen LogP contribution in [0.25, 0.3) is 10.6 Å². The van der Waals surface area contributed by atoms with E-state index in [4.69, 9.17) is 5.11 Å². The number of imidazole rings is 1. The fraction of sp³-hybridized carbons (Fsp3) is 0.273. The van der Waals surface area contributed by atoms with Gasteiger partial charge in [0, 0.05) is 5.92 Å². The topological polar surface area (TPSA) is 66.0 Å². The molecule has 3 rings (SSSR count). The van der Waals surface area contributed by atoms with Crippen molar-refractivity contribution in [2.24, 2.45) is 5.92 Å². The van der Waals surface area contributed by atoms with Gasteiger partial charge in [-0.2, -0.15) is 0 Å². The van der Waals surface area contributed by atoms with Gasteiger partial charge in [-0.1, -0.05) is 6.07 Å². The van der Waals surface area contributed by atoms with Crippen molar-refractivity contribution in [1.29, 1.82) is 0 Å². The minimum Gasteiger partial charge on any atom is -0.481 e. The monoisotopic (exact) mass is 234 g/mol. The number of rotatable bonds is 3. The van der Waals surface area contributed by atoms with E-state index in [1.54, 1.807) is 17.5 Å². The molecule has 1 fully saturated rings. The van der Waals surface area contributed by atoms with Crippen molar-refractivity contribution in [2.45, 2.75) is 12.3 Å². The highest BCUT2D eigenvalue weighted by molar-refractivity contribution is 7.13. The predicted molar refractivity (Wildman–Crippen MR) is 60.4 cm³/mol. The summed E-state index contributed by atoms with van der Waals surface area (Å²) in [5, 5.41) is 10.8.